The molecule has 0 unspecified atom stereocenters. The first-order valence-corrected chi connectivity index (χ1v) is 8.37. The van der Waals surface area contributed by atoms with Gasteiger partial charge >= 0.3 is 5.97 Å². The summed E-state index contributed by atoms with van der Waals surface area (Å²) in [5.74, 6) is -1.14. The maximum atomic E-state index is 11.8. The first-order chi connectivity index (χ1) is 11.6. The topological polar surface area (TPSA) is 79.3 Å². The van der Waals surface area contributed by atoms with Crippen LogP contribution in [-0.4, -0.2) is 28.5 Å². The van der Waals surface area contributed by atoms with Gasteiger partial charge in [-0.05, 0) is 23.3 Å². The summed E-state index contributed by atoms with van der Waals surface area (Å²) in [4.78, 5) is 26.8. The van der Waals surface area contributed by atoms with Crippen LogP contribution >= 0.6 is 11.3 Å². The van der Waals surface area contributed by atoms with Crippen molar-refractivity contribution in [1.82, 2.24) is 10.3 Å². The zero-order valence-electron chi connectivity index (χ0n) is 12.9. The molecule has 1 heterocycles. The van der Waals surface area contributed by atoms with Crippen molar-refractivity contribution in [2.24, 2.45) is 0 Å². The molecule has 1 amide bonds. The number of amides is 1. The number of hydrogen-bond donors (Lipinski definition) is 2. The lowest BCUT2D eigenvalue weighted by Gasteiger charge is -2.00. The number of rotatable bonds is 6. The van der Waals surface area contributed by atoms with E-state index in [-0.39, 0.29) is 25.3 Å². The highest BCUT2D eigenvalue weighted by Crippen LogP contribution is 2.28. The number of nitrogens with one attached hydrogen (secondary N) is 1. The molecule has 0 bridgehead atoms. The van der Waals surface area contributed by atoms with Crippen LogP contribution in [-0.2, 0) is 16.0 Å². The van der Waals surface area contributed by atoms with Crippen molar-refractivity contribution in [2.45, 2.75) is 12.8 Å². The van der Waals surface area contributed by atoms with Crippen molar-refractivity contribution >= 4 is 33.4 Å². The van der Waals surface area contributed by atoms with Gasteiger partial charge in [0.25, 0.3) is 0 Å². The summed E-state index contributed by atoms with van der Waals surface area (Å²) < 4.78 is 1.03. The van der Waals surface area contributed by atoms with Gasteiger partial charge in [0.05, 0.1) is 23.1 Å². The van der Waals surface area contributed by atoms with Crippen LogP contribution in [0.5, 0.6) is 0 Å². The second-order valence-corrected chi connectivity index (χ2v) is 6.44. The van der Waals surface area contributed by atoms with E-state index in [4.69, 9.17) is 5.11 Å². The molecule has 6 heteroatoms. The van der Waals surface area contributed by atoms with Gasteiger partial charge in [0.1, 0.15) is 5.01 Å². The second kappa shape index (κ2) is 7.23. The van der Waals surface area contributed by atoms with Crippen molar-refractivity contribution in [3.05, 3.63) is 53.5 Å². The maximum Gasteiger partial charge on any atom is 0.305 e. The van der Waals surface area contributed by atoms with Crippen LogP contribution < -0.4 is 5.32 Å². The quantitative estimate of drug-likeness (QED) is 0.723. The lowest BCUT2D eigenvalue weighted by Crippen LogP contribution is -2.27. The Morgan fingerprint density at radius 1 is 1.08 bits per heavy atom. The normalized spacial score (nSPS) is 10.7. The van der Waals surface area contributed by atoms with Gasteiger partial charge in [0.15, 0.2) is 0 Å². The molecule has 1 aromatic heterocycles. The SMILES string of the molecule is O=C(O)CCNC(=O)Cc1nc2cc(-c3ccccc3)ccc2s1. The van der Waals surface area contributed by atoms with Crippen LogP contribution in [0.3, 0.4) is 0 Å². The fraction of sp³-hybridized carbons (Fsp3) is 0.167. The van der Waals surface area contributed by atoms with E-state index in [1.807, 2.05) is 48.5 Å². The molecule has 0 aliphatic rings. The smallest absolute Gasteiger partial charge is 0.305 e. The van der Waals surface area contributed by atoms with E-state index in [9.17, 15) is 9.59 Å². The predicted molar refractivity (Wildman–Crippen MR) is 94.0 cm³/mol. The number of carbonyl (C=O) groups excluding carboxylic acids is 1. The molecule has 2 N–H and O–H groups in total. The zero-order chi connectivity index (χ0) is 16.9. The summed E-state index contributed by atoms with van der Waals surface area (Å²) >= 11 is 1.48. The molecule has 0 aliphatic heterocycles. The van der Waals surface area contributed by atoms with Crippen LogP contribution in [0.2, 0.25) is 0 Å². The summed E-state index contributed by atoms with van der Waals surface area (Å²) in [5, 5.41) is 11.9. The molecular formula is C18H16N2O3S. The molecule has 0 saturated heterocycles. The number of aromatic nitrogens is 1. The van der Waals surface area contributed by atoms with Gasteiger partial charge in [0.2, 0.25) is 5.91 Å². The minimum absolute atomic E-state index is 0.0774. The Kier molecular flexibility index (Phi) is 4.86. The highest BCUT2D eigenvalue weighted by atomic mass is 32.1. The minimum atomic E-state index is -0.927. The van der Waals surface area contributed by atoms with Crippen molar-refractivity contribution < 1.29 is 14.7 Å². The molecule has 0 saturated carbocycles. The average molecular weight is 340 g/mol. The van der Waals surface area contributed by atoms with E-state index in [0.29, 0.717) is 0 Å². The van der Waals surface area contributed by atoms with Crippen molar-refractivity contribution in [1.29, 1.82) is 0 Å². The van der Waals surface area contributed by atoms with Gasteiger partial charge in [-0.1, -0.05) is 36.4 Å². The number of nitrogens with zero attached hydrogens (tertiary/aromatic N) is 1. The third-order valence-corrected chi connectivity index (χ3v) is 4.55. The molecule has 3 aromatic rings. The van der Waals surface area contributed by atoms with E-state index in [1.54, 1.807) is 0 Å². The third kappa shape index (κ3) is 3.97. The molecule has 24 heavy (non-hydrogen) atoms. The Morgan fingerprint density at radius 2 is 1.88 bits per heavy atom. The molecule has 0 spiro atoms. The van der Waals surface area contributed by atoms with Gasteiger partial charge in [-0.2, -0.15) is 0 Å². The first kappa shape index (κ1) is 16.1. The van der Waals surface area contributed by atoms with Gasteiger partial charge in [-0.15, -0.1) is 11.3 Å². The maximum absolute atomic E-state index is 11.8. The summed E-state index contributed by atoms with van der Waals surface area (Å²) in [7, 11) is 0. The molecule has 0 aliphatic carbocycles. The monoisotopic (exact) mass is 340 g/mol. The van der Waals surface area contributed by atoms with Gasteiger partial charge < -0.3 is 10.4 Å². The Balaban J connectivity index is 1.72. The summed E-state index contributed by atoms with van der Waals surface area (Å²) in [6, 6.07) is 16.1. The number of thiazole rings is 1. The lowest BCUT2D eigenvalue weighted by atomic mass is 10.1. The van der Waals surface area contributed by atoms with Crippen LogP contribution in [0.4, 0.5) is 0 Å². The number of hydrogen-bond acceptors (Lipinski definition) is 4. The molecule has 0 radical (unpaired) electrons. The molecule has 122 valence electrons. The zero-order valence-corrected chi connectivity index (χ0v) is 13.7. The second-order valence-electron chi connectivity index (χ2n) is 5.33. The van der Waals surface area contributed by atoms with E-state index in [0.717, 1.165) is 26.4 Å². The molecular weight excluding hydrogens is 324 g/mol. The van der Waals surface area contributed by atoms with E-state index in [1.165, 1.54) is 11.3 Å². The van der Waals surface area contributed by atoms with Gasteiger partial charge in [-0.25, -0.2) is 4.98 Å². The van der Waals surface area contributed by atoms with E-state index >= 15 is 0 Å². The number of carboxylic acid groups (broad SMARTS) is 1. The van der Waals surface area contributed by atoms with E-state index < -0.39 is 5.97 Å². The number of carbonyl (C=O) groups is 2. The van der Waals surface area contributed by atoms with Crippen molar-refractivity contribution in [3.8, 4) is 11.1 Å². The Morgan fingerprint density at radius 3 is 2.62 bits per heavy atom. The van der Waals surface area contributed by atoms with Crippen molar-refractivity contribution in [3.63, 3.8) is 0 Å². The number of fused-ring (bicyclic) bond motifs is 1. The molecule has 3 rings (SSSR count). The van der Waals surface area contributed by atoms with Crippen LogP contribution in [0.25, 0.3) is 21.3 Å². The van der Waals surface area contributed by atoms with Gasteiger partial charge in [-0.3, -0.25) is 9.59 Å². The van der Waals surface area contributed by atoms with Gasteiger partial charge in [0, 0.05) is 6.54 Å². The third-order valence-electron chi connectivity index (χ3n) is 3.51. The van der Waals surface area contributed by atoms with E-state index in [2.05, 4.69) is 10.3 Å². The van der Waals surface area contributed by atoms with Crippen LogP contribution in [0.15, 0.2) is 48.5 Å². The summed E-state index contributed by atoms with van der Waals surface area (Å²) in [6.07, 6.45) is 0.0889. The highest BCUT2D eigenvalue weighted by molar-refractivity contribution is 7.18. The molecule has 0 fully saturated rings. The summed E-state index contributed by atoms with van der Waals surface area (Å²) in [5.41, 5.74) is 3.08. The Bertz CT molecular complexity index is 874. The average Bonchev–Trinajstić information content (AvgIpc) is 2.96. The van der Waals surface area contributed by atoms with Crippen LogP contribution in [0.1, 0.15) is 11.4 Å². The molecule has 0 atom stereocenters. The lowest BCUT2D eigenvalue weighted by molar-refractivity contribution is -0.136. The Hall–Kier alpha value is -2.73. The number of carboxylic acids is 1. The predicted octanol–water partition coefficient (Wildman–Crippen LogP) is 3.10. The number of benzene rings is 2. The highest BCUT2D eigenvalue weighted by Gasteiger charge is 2.10. The minimum Gasteiger partial charge on any atom is -0.481 e. The molecule has 2 aromatic carbocycles. The van der Waals surface area contributed by atoms with Crippen molar-refractivity contribution in [2.75, 3.05) is 6.54 Å². The number of aliphatic carboxylic acids is 1. The molecule has 5 nitrogen and oxygen atoms in total. The fourth-order valence-electron chi connectivity index (χ4n) is 2.37. The standard InChI is InChI=1S/C18H16N2O3S/c21-16(19-9-8-18(22)23)11-17-20-14-10-13(6-7-15(14)24-17)12-4-2-1-3-5-12/h1-7,10H,8-9,11H2,(H,19,21)(H,22,23). The fourth-order valence-corrected chi connectivity index (χ4v) is 3.32. The Labute approximate surface area is 143 Å². The summed E-state index contributed by atoms with van der Waals surface area (Å²) in [6.45, 7) is 0.136. The largest absolute Gasteiger partial charge is 0.481 e. The first-order valence-electron chi connectivity index (χ1n) is 7.55. The van der Waals surface area contributed by atoms with Crippen LogP contribution in [0, 0.1) is 0 Å².